The molecule has 2 atom stereocenters. The van der Waals surface area contributed by atoms with Gasteiger partial charge in [-0.15, -0.1) is 0 Å². The van der Waals surface area contributed by atoms with E-state index in [2.05, 4.69) is 38.1 Å². The molecule has 0 radical (unpaired) electrons. The average molecular weight is 332 g/mol. The van der Waals surface area contributed by atoms with Crippen LogP contribution in [0.25, 0.3) is 0 Å². The van der Waals surface area contributed by atoms with E-state index in [1.165, 1.54) is 12.8 Å². The van der Waals surface area contributed by atoms with Crippen molar-refractivity contribution in [3.8, 4) is 0 Å². The molecule has 0 aliphatic heterocycles. The molecule has 2 unspecified atom stereocenters. The number of hydrogen-bond donors (Lipinski definition) is 1. The van der Waals surface area contributed by atoms with Gasteiger partial charge in [0.2, 0.25) is 0 Å². The standard InChI is InChI=1S/C12H18BrN3OS/c1-8(5-6-18(2)17)14-11-7-10(13)15-12(16-11)9-3-4-9/h7-9H,3-6H2,1-2H3,(H,14,15,16). The van der Waals surface area contributed by atoms with Crippen molar-refractivity contribution in [1.29, 1.82) is 0 Å². The zero-order valence-corrected chi connectivity index (χ0v) is 13.1. The van der Waals surface area contributed by atoms with Crippen molar-refractivity contribution in [2.24, 2.45) is 0 Å². The second-order valence-electron chi connectivity index (χ2n) is 4.82. The van der Waals surface area contributed by atoms with Gasteiger partial charge in [-0.25, -0.2) is 9.97 Å². The van der Waals surface area contributed by atoms with Gasteiger partial charge in [-0.1, -0.05) is 0 Å². The van der Waals surface area contributed by atoms with Crippen LogP contribution in [0.15, 0.2) is 10.7 Å². The normalized spacial score (nSPS) is 18.4. The molecule has 1 aromatic heterocycles. The molecule has 2 rings (SSSR count). The highest BCUT2D eigenvalue weighted by Crippen LogP contribution is 2.38. The number of anilines is 1. The van der Waals surface area contributed by atoms with Gasteiger partial charge in [-0.2, -0.15) is 0 Å². The lowest BCUT2D eigenvalue weighted by Crippen LogP contribution is -2.19. The molecule has 6 heteroatoms. The summed E-state index contributed by atoms with van der Waals surface area (Å²) in [5, 5.41) is 3.35. The molecule has 1 aliphatic carbocycles. The van der Waals surface area contributed by atoms with E-state index in [1.54, 1.807) is 6.26 Å². The fourth-order valence-electron chi connectivity index (χ4n) is 1.70. The Bertz CT molecular complexity index is 451. The molecule has 0 bridgehead atoms. The summed E-state index contributed by atoms with van der Waals surface area (Å²) in [6.45, 7) is 2.08. The van der Waals surface area contributed by atoms with Crippen LogP contribution in [-0.2, 0) is 10.8 Å². The van der Waals surface area contributed by atoms with Crippen LogP contribution in [0.4, 0.5) is 5.82 Å². The van der Waals surface area contributed by atoms with Crippen LogP contribution in [0.3, 0.4) is 0 Å². The molecule has 0 saturated heterocycles. The number of halogens is 1. The molecule has 18 heavy (non-hydrogen) atoms. The summed E-state index contributed by atoms with van der Waals surface area (Å²) in [7, 11) is -0.732. The molecule has 4 nitrogen and oxygen atoms in total. The smallest absolute Gasteiger partial charge is 0.135 e. The summed E-state index contributed by atoms with van der Waals surface area (Å²) in [6, 6.07) is 2.16. The summed E-state index contributed by atoms with van der Waals surface area (Å²) in [5.41, 5.74) is 0. The minimum Gasteiger partial charge on any atom is -0.367 e. The van der Waals surface area contributed by atoms with Crippen molar-refractivity contribution < 1.29 is 4.21 Å². The second-order valence-corrected chi connectivity index (χ2v) is 7.19. The minimum atomic E-state index is -0.732. The maximum absolute atomic E-state index is 11.1. The first-order chi connectivity index (χ1) is 8.54. The van der Waals surface area contributed by atoms with E-state index in [1.807, 2.05) is 6.07 Å². The molecule has 1 saturated carbocycles. The molecule has 1 fully saturated rings. The third-order valence-corrected chi connectivity index (χ3v) is 4.10. The molecule has 1 heterocycles. The summed E-state index contributed by atoms with van der Waals surface area (Å²) in [4.78, 5) is 8.93. The third-order valence-electron chi connectivity index (χ3n) is 2.89. The van der Waals surface area contributed by atoms with Gasteiger partial charge >= 0.3 is 0 Å². The first-order valence-corrected chi connectivity index (χ1v) is 8.67. The Kier molecular flexibility index (Phi) is 4.72. The van der Waals surface area contributed by atoms with Crippen LogP contribution in [0.5, 0.6) is 0 Å². The molecule has 1 aliphatic rings. The number of rotatable bonds is 6. The zero-order valence-electron chi connectivity index (χ0n) is 10.6. The van der Waals surface area contributed by atoms with E-state index in [-0.39, 0.29) is 6.04 Å². The van der Waals surface area contributed by atoms with Crippen molar-refractivity contribution in [3.63, 3.8) is 0 Å². The Labute approximate surface area is 119 Å². The van der Waals surface area contributed by atoms with Crippen molar-refractivity contribution in [3.05, 3.63) is 16.5 Å². The Hall–Kier alpha value is -0.490. The van der Waals surface area contributed by atoms with Gasteiger partial charge in [0, 0.05) is 40.8 Å². The van der Waals surface area contributed by atoms with Gasteiger partial charge in [0.1, 0.15) is 16.2 Å². The van der Waals surface area contributed by atoms with Crippen LogP contribution in [0.2, 0.25) is 0 Å². The molecule has 1 N–H and O–H groups in total. The first kappa shape index (κ1) is 13.9. The van der Waals surface area contributed by atoms with Gasteiger partial charge < -0.3 is 5.32 Å². The molecule has 100 valence electrons. The van der Waals surface area contributed by atoms with Crippen LogP contribution >= 0.6 is 15.9 Å². The highest BCUT2D eigenvalue weighted by molar-refractivity contribution is 9.10. The highest BCUT2D eigenvalue weighted by atomic mass is 79.9. The van der Waals surface area contributed by atoms with E-state index < -0.39 is 10.8 Å². The Morgan fingerprint density at radius 3 is 2.89 bits per heavy atom. The van der Waals surface area contributed by atoms with Crippen LogP contribution in [0, 0.1) is 0 Å². The van der Waals surface area contributed by atoms with Crippen LogP contribution in [-0.4, -0.2) is 32.2 Å². The summed E-state index contributed by atoms with van der Waals surface area (Å²) in [6.07, 6.45) is 5.00. The summed E-state index contributed by atoms with van der Waals surface area (Å²) >= 11 is 3.42. The first-order valence-electron chi connectivity index (χ1n) is 6.15. The van der Waals surface area contributed by atoms with Gasteiger partial charge in [0.25, 0.3) is 0 Å². The number of aromatic nitrogens is 2. The van der Waals surface area contributed by atoms with Gasteiger partial charge in [0.05, 0.1) is 0 Å². The topological polar surface area (TPSA) is 54.9 Å². The number of nitrogens with zero attached hydrogens (tertiary/aromatic N) is 2. The highest BCUT2D eigenvalue weighted by Gasteiger charge is 2.27. The van der Waals surface area contributed by atoms with Crippen molar-refractivity contribution >= 4 is 32.5 Å². The lowest BCUT2D eigenvalue weighted by molar-refractivity contribution is 0.678. The average Bonchev–Trinajstić information content (AvgIpc) is 3.09. The van der Waals surface area contributed by atoms with Gasteiger partial charge in [-0.05, 0) is 42.1 Å². The van der Waals surface area contributed by atoms with E-state index in [0.717, 1.165) is 28.4 Å². The number of hydrogen-bond acceptors (Lipinski definition) is 4. The summed E-state index contributed by atoms with van der Waals surface area (Å²) in [5.74, 6) is 3.04. The van der Waals surface area contributed by atoms with E-state index >= 15 is 0 Å². The number of nitrogens with one attached hydrogen (secondary N) is 1. The largest absolute Gasteiger partial charge is 0.367 e. The monoisotopic (exact) mass is 331 g/mol. The third kappa shape index (κ3) is 4.31. The fourth-order valence-corrected chi connectivity index (χ4v) is 2.78. The van der Waals surface area contributed by atoms with Crippen molar-refractivity contribution in [2.75, 3.05) is 17.3 Å². The Morgan fingerprint density at radius 2 is 2.28 bits per heavy atom. The van der Waals surface area contributed by atoms with Crippen LogP contribution in [0.1, 0.15) is 37.9 Å². The summed E-state index contributed by atoms with van der Waals surface area (Å²) < 4.78 is 11.9. The molecular weight excluding hydrogens is 314 g/mol. The lowest BCUT2D eigenvalue weighted by Gasteiger charge is -2.14. The predicted molar refractivity (Wildman–Crippen MR) is 78.3 cm³/mol. The van der Waals surface area contributed by atoms with E-state index in [9.17, 15) is 4.21 Å². The van der Waals surface area contributed by atoms with Crippen molar-refractivity contribution in [1.82, 2.24) is 9.97 Å². The fraction of sp³-hybridized carbons (Fsp3) is 0.667. The molecule has 0 amide bonds. The lowest BCUT2D eigenvalue weighted by atomic mass is 10.2. The maximum atomic E-state index is 11.1. The molecule has 0 aromatic carbocycles. The quantitative estimate of drug-likeness (QED) is 0.814. The maximum Gasteiger partial charge on any atom is 0.135 e. The molecule has 0 spiro atoms. The van der Waals surface area contributed by atoms with Crippen molar-refractivity contribution in [2.45, 2.75) is 38.1 Å². The second kappa shape index (κ2) is 6.10. The SMILES string of the molecule is CC(CCS(C)=O)Nc1cc(Br)nc(C2CC2)n1. The van der Waals surface area contributed by atoms with E-state index in [4.69, 9.17) is 0 Å². The van der Waals surface area contributed by atoms with Crippen LogP contribution < -0.4 is 5.32 Å². The zero-order chi connectivity index (χ0) is 13.1. The Morgan fingerprint density at radius 1 is 1.56 bits per heavy atom. The van der Waals surface area contributed by atoms with Gasteiger partial charge in [0.15, 0.2) is 0 Å². The van der Waals surface area contributed by atoms with E-state index in [0.29, 0.717) is 5.92 Å². The molecule has 1 aromatic rings. The predicted octanol–water partition coefficient (Wildman–Crippen LogP) is 2.69. The molecular formula is C12H18BrN3OS. The minimum absolute atomic E-state index is 0.266. The Balaban J connectivity index is 1.97. The van der Waals surface area contributed by atoms with Gasteiger partial charge in [-0.3, -0.25) is 4.21 Å².